The van der Waals surface area contributed by atoms with Crippen LogP contribution in [-0.2, 0) is 4.79 Å². The van der Waals surface area contributed by atoms with Crippen molar-refractivity contribution in [2.24, 2.45) is 0 Å². The van der Waals surface area contributed by atoms with E-state index in [9.17, 15) is 14.0 Å². The summed E-state index contributed by atoms with van der Waals surface area (Å²) in [5.74, 6) is -0.303. The molecular weight excluding hydrogens is 299 g/mol. The molecule has 1 saturated heterocycles. The summed E-state index contributed by atoms with van der Waals surface area (Å²) in [5.41, 5.74) is -0.0401. The second-order valence-corrected chi connectivity index (χ2v) is 5.55. The lowest BCUT2D eigenvalue weighted by molar-refractivity contribution is -0.141. The van der Waals surface area contributed by atoms with Crippen LogP contribution in [0.25, 0.3) is 0 Å². The molecular formula is C13H15FN2O4S. The predicted molar refractivity (Wildman–Crippen MR) is 77.4 cm³/mol. The van der Waals surface area contributed by atoms with Crippen LogP contribution in [0.3, 0.4) is 0 Å². The number of carboxylic acid groups (broad SMARTS) is 1. The van der Waals surface area contributed by atoms with E-state index in [1.165, 1.54) is 42.0 Å². The van der Waals surface area contributed by atoms with Crippen molar-refractivity contribution < 1.29 is 23.8 Å². The number of carboxylic acids is 1. The van der Waals surface area contributed by atoms with Crippen LogP contribution in [0.15, 0.2) is 18.2 Å². The molecule has 0 saturated carbocycles. The molecule has 0 spiro atoms. The molecule has 0 bridgehead atoms. The number of halogens is 1. The number of carbonyl (C=O) groups excluding carboxylic acids is 1. The Morgan fingerprint density at radius 3 is 2.95 bits per heavy atom. The third kappa shape index (κ3) is 3.57. The monoisotopic (exact) mass is 314 g/mol. The summed E-state index contributed by atoms with van der Waals surface area (Å²) >= 11 is 1.47. The highest BCUT2D eigenvalue weighted by Crippen LogP contribution is 2.23. The van der Waals surface area contributed by atoms with E-state index in [4.69, 9.17) is 9.84 Å². The molecule has 2 amide bonds. The Bertz CT molecular complexity index is 555. The third-order valence-corrected chi connectivity index (χ3v) is 4.11. The van der Waals surface area contributed by atoms with E-state index in [0.29, 0.717) is 23.8 Å². The number of urea groups is 1. The molecule has 0 aliphatic carbocycles. The quantitative estimate of drug-likeness (QED) is 0.890. The number of amides is 2. The lowest BCUT2D eigenvalue weighted by Gasteiger charge is -2.32. The van der Waals surface area contributed by atoms with Crippen molar-refractivity contribution >= 4 is 29.4 Å². The van der Waals surface area contributed by atoms with Gasteiger partial charge < -0.3 is 20.1 Å². The highest BCUT2D eigenvalue weighted by molar-refractivity contribution is 7.99. The van der Waals surface area contributed by atoms with E-state index in [2.05, 4.69) is 5.32 Å². The Morgan fingerprint density at radius 1 is 1.52 bits per heavy atom. The third-order valence-electron chi connectivity index (χ3n) is 3.09. The average molecular weight is 314 g/mol. The van der Waals surface area contributed by atoms with Gasteiger partial charge in [-0.15, -0.1) is 0 Å². The van der Waals surface area contributed by atoms with Crippen LogP contribution in [0.1, 0.15) is 0 Å². The number of carbonyl (C=O) groups is 2. The van der Waals surface area contributed by atoms with Gasteiger partial charge in [-0.3, -0.25) is 0 Å². The number of nitrogens with zero attached hydrogens (tertiary/aromatic N) is 1. The minimum absolute atomic E-state index is 0.0401. The molecule has 1 aromatic carbocycles. The number of methoxy groups -OCH3 is 1. The van der Waals surface area contributed by atoms with Crippen molar-refractivity contribution in [2.45, 2.75) is 6.04 Å². The molecule has 0 aromatic heterocycles. The summed E-state index contributed by atoms with van der Waals surface area (Å²) in [6.45, 7) is 0.305. The number of aliphatic carboxylic acids is 1. The zero-order valence-electron chi connectivity index (χ0n) is 11.3. The highest BCUT2D eigenvalue weighted by atomic mass is 32.2. The molecule has 1 atom stereocenters. The van der Waals surface area contributed by atoms with Gasteiger partial charge in [0.1, 0.15) is 17.6 Å². The first-order chi connectivity index (χ1) is 10.0. The zero-order valence-corrected chi connectivity index (χ0v) is 12.2. The number of rotatable bonds is 3. The number of ether oxygens (including phenoxy) is 1. The van der Waals surface area contributed by atoms with Crippen LogP contribution in [-0.4, -0.2) is 53.2 Å². The fourth-order valence-corrected chi connectivity index (χ4v) is 3.00. The molecule has 1 unspecified atom stereocenters. The molecule has 0 radical (unpaired) electrons. The highest BCUT2D eigenvalue weighted by Gasteiger charge is 2.32. The summed E-state index contributed by atoms with van der Waals surface area (Å²) in [4.78, 5) is 24.5. The topological polar surface area (TPSA) is 78.9 Å². The fourth-order valence-electron chi connectivity index (χ4n) is 1.97. The number of thioether (sulfide) groups is 1. The van der Waals surface area contributed by atoms with Crippen molar-refractivity contribution in [1.29, 1.82) is 0 Å². The molecule has 1 fully saturated rings. The summed E-state index contributed by atoms with van der Waals surface area (Å²) < 4.78 is 18.6. The molecule has 1 aromatic rings. The minimum atomic E-state index is -1.07. The lowest BCUT2D eigenvalue weighted by Crippen LogP contribution is -2.51. The van der Waals surface area contributed by atoms with Gasteiger partial charge in [-0.25, -0.2) is 14.0 Å². The minimum Gasteiger partial charge on any atom is -0.497 e. The fraction of sp³-hybridized carbons (Fsp3) is 0.385. The van der Waals surface area contributed by atoms with Gasteiger partial charge in [0.2, 0.25) is 0 Å². The molecule has 2 rings (SSSR count). The Morgan fingerprint density at radius 2 is 2.29 bits per heavy atom. The van der Waals surface area contributed by atoms with Gasteiger partial charge in [-0.2, -0.15) is 11.8 Å². The lowest BCUT2D eigenvalue weighted by atomic mass is 10.2. The maximum absolute atomic E-state index is 13.7. The van der Waals surface area contributed by atoms with Gasteiger partial charge >= 0.3 is 12.0 Å². The first-order valence-electron chi connectivity index (χ1n) is 6.24. The second kappa shape index (κ2) is 6.66. The van der Waals surface area contributed by atoms with Crippen LogP contribution < -0.4 is 10.1 Å². The number of nitrogens with one attached hydrogen (secondary N) is 1. The van der Waals surface area contributed by atoms with E-state index in [-0.39, 0.29) is 5.69 Å². The Hall–Kier alpha value is -1.96. The van der Waals surface area contributed by atoms with Crippen molar-refractivity contribution in [3.63, 3.8) is 0 Å². The van der Waals surface area contributed by atoms with Crippen LogP contribution in [0, 0.1) is 5.82 Å². The Balaban J connectivity index is 2.14. The maximum Gasteiger partial charge on any atom is 0.327 e. The number of hydrogen-bond acceptors (Lipinski definition) is 4. The van der Waals surface area contributed by atoms with Gasteiger partial charge in [0, 0.05) is 24.1 Å². The molecule has 8 heteroatoms. The summed E-state index contributed by atoms with van der Waals surface area (Å²) in [6.07, 6.45) is 0. The smallest absolute Gasteiger partial charge is 0.327 e. The number of benzene rings is 1. The standard InChI is InChI=1S/C13H15FN2O4S/c1-20-8-2-3-9(14)10(6-8)15-13(19)16-4-5-21-7-11(16)12(17)18/h2-3,6,11H,4-5,7H2,1H3,(H,15,19)(H,17,18). The largest absolute Gasteiger partial charge is 0.497 e. The van der Waals surface area contributed by atoms with E-state index in [1.807, 2.05) is 0 Å². The van der Waals surface area contributed by atoms with Crippen LogP contribution >= 0.6 is 11.8 Å². The van der Waals surface area contributed by atoms with Crippen molar-refractivity contribution in [3.05, 3.63) is 24.0 Å². The summed E-state index contributed by atoms with van der Waals surface area (Å²) in [6, 6.07) is 2.42. The molecule has 1 heterocycles. The Labute approximate surface area is 125 Å². The predicted octanol–water partition coefficient (Wildman–Crippen LogP) is 1.87. The van der Waals surface area contributed by atoms with Crippen LogP contribution in [0.2, 0.25) is 0 Å². The molecule has 6 nitrogen and oxygen atoms in total. The first kappa shape index (κ1) is 15.4. The van der Waals surface area contributed by atoms with Gasteiger partial charge in [0.25, 0.3) is 0 Å². The number of anilines is 1. The zero-order chi connectivity index (χ0) is 15.4. The molecule has 1 aliphatic heterocycles. The summed E-state index contributed by atoms with van der Waals surface area (Å²) in [7, 11) is 1.43. The second-order valence-electron chi connectivity index (χ2n) is 4.40. The molecule has 114 valence electrons. The molecule has 2 N–H and O–H groups in total. The van der Waals surface area contributed by atoms with E-state index >= 15 is 0 Å². The SMILES string of the molecule is COc1ccc(F)c(NC(=O)N2CCSCC2C(=O)O)c1. The van der Waals surface area contributed by atoms with Crippen LogP contribution in [0.5, 0.6) is 5.75 Å². The van der Waals surface area contributed by atoms with Crippen LogP contribution in [0.4, 0.5) is 14.9 Å². The van der Waals surface area contributed by atoms with Gasteiger partial charge in [-0.1, -0.05) is 0 Å². The van der Waals surface area contributed by atoms with E-state index in [0.717, 1.165) is 0 Å². The van der Waals surface area contributed by atoms with Crippen molar-refractivity contribution in [2.75, 3.05) is 30.5 Å². The Kier molecular flexibility index (Phi) is 4.89. The molecule has 21 heavy (non-hydrogen) atoms. The van der Waals surface area contributed by atoms with E-state index < -0.39 is 23.9 Å². The van der Waals surface area contributed by atoms with Crippen molar-refractivity contribution in [1.82, 2.24) is 4.90 Å². The van der Waals surface area contributed by atoms with E-state index in [1.54, 1.807) is 0 Å². The summed E-state index contributed by atoms with van der Waals surface area (Å²) in [5, 5.41) is 11.5. The number of hydrogen-bond donors (Lipinski definition) is 2. The van der Waals surface area contributed by atoms with Crippen molar-refractivity contribution in [3.8, 4) is 5.75 Å². The average Bonchev–Trinajstić information content (AvgIpc) is 2.49. The van der Waals surface area contributed by atoms with Gasteiger partial charge in [0.05, 0.1) is 12.8 Å². The normalized spacial score (nSPS) is 18.2. The van der Waals surface area contributed by atoms with Gasteiger partial charge in [-0.05, 0) is 12.1 Å². The first-order valence-corrected chi connectivity index (χ1v) is 7.40. The molecule has 1 aliphatic rings. The van der Waals surface area contributed by atoms with Gasteiger partial charge in [0.15, 0.2) is 0 Å². The maximum atomic E-state index is 13.7.